The fraction of sp³-hybridized carbons (Fsp3) is 0.700. The molecule has 0 radical (unpaired) electrons. The molecule has 1 saturated heterocycles. The Kier molecular flexibility index (Phi) is 6.10. The summed E-state index contributed by atoms with van der Waals surface area (Å²) in [6, 6.07) is 9.24. The lowest BCUT2D eigenvalue weighted by Gasteiger charge is -2.40. The van der Waals surface area contributed by atoms with Crippen LogP contribution in [-0.2, 0) is 5.41 Å². The molecule has 1 aromatic carbocycles. The number of β-amino-alcohol motifs (C(OH)–C–C–N with tert-alkyl or cyclic N) is 1. The number of ether oxygens (including phenoxy) is 1. The van der Waals surface area contributed by atoms with Gasteiger partial charge in [0.2, 0.25) is 0 Å². The number of piperidine rings is 1. The Morgan fingerprint density at radius 1 is 1.17 bits per heavy atom. The van der Waals surface area contributed by atoms with Gasteiger partial charge >= 0.3 is 0 Å². The van der Waals surface area contributed by atoms with Crippen molar-refractivity contribution in [3.63, 3.8) is 0 Å². The Labute approximate surface area is 141 Å². The minimum absolute atomic E-state index is 0.0391. The van der Waals surface area contributed by atoms with E-state index in [2.05, 4.69) is 45.6 Å². The number of aliphatic hydroxyl groups excluding tert-OH is 1. The van der Waals surface area contributed by atoms with Gasteiger partial charge in [0.05, 0.1) is 0 Å². The second-order valence-corrected chi connectivity index (χ2v) is 8.04. The van der Waals surface area contributed by atoms with Crippen LogP contribution in [0.5, 0.6) is 5.75 Å². The van der Waals surface area contributed by atoms with Crippen molar-refractivity contribution in [2.75, 3.05) is 13.2 Å². The number of likely N-dealkylation sites (tertiary alicyclic amines) is 1. The predicted molar refractivity (Wildman–Crippen MR) is 96.1 cm³/mol. The largest absolute Gasteiger partial charge is 0.491 e. The number of hydrogen-bond donors (Lipinski definition) is 1. The van der Waals surface area contributed by atoms with Crippen molar-refractivity contribution in [1.82, 2.24) is 4.90 Å². The lowest BCUT2D eigenvalue weighted by atomic mass is 9.86. The molecule has 1 aromatic rings. The van der Waals surface area contributed by atoms with E-state index in [1.54, 1.807) is 0 Å². The van der Waals surface area contributed by atoms with Crippen LogP contribution < -0.4 is 4.74 Å². The minimum Gasteiger partial charge on any atom is -0.491 e. The molecule has 0 spiro atoms. The third kappa shape index (κ3) is 4.95. The van der Waals surface area contributed by atoms with Crippen molar-refractivity contribution < 1.29 is 9.84 Å². The summed E-state index contributed by atoms with van der Waals surface area (Å²) in [6.45, 7) is 12.1. The zero-order valence-corrected chi connectivity index (χ0v) is 15.4. The highest BCUT2D eigenvalue weighted by atomic mass is 16.5. The topological polar surface area (TPSA) is 32.7 Å². The summed E-state index contributed by atoms with van der Waals surface area (Å²) in [6.07, 6.45) is 3.30. The summed E-state index contributed by atoms with van der Waals surface area (Å²) in [5.41, 5.74) is 1.23. The summed E-state index contributed by atoms with van der Waals surface area (Å²) in [5.74, 6) is 0.888. The van der Waals surface area contributed by atoms with Gasteiger partial charge in [0.15, 0.2) is 0 Å². The van der Waals surface area contributed by atoms with Crippen LogP contribution in [0.15, 0.2) is 24.3 Å². The molecule has 3 nitrogen and oxygen atoms in total. The van der Waals surface area contributed by atoms with Crippen molar-refractivity contribution in [2.45, 2.75) is 77.5 Å². The standard InChI is InChI=1S/C20H33NO2/c1-15-9-8-10-16(2)21(15)13-17(22)14-23-19-12-7-6-11-18(19)20(3,4)5/h6-7,11-12,15-17,22H,8-10,13-14H2,1-5H3/t15-,16+,17-/m1/s1. The van der Waals surface area contributed by atoms with Gasteiger partial charge in [0.25, 0.3) is 0 Å². The lowest BCUT2D eigenvalue weighted by molar-refractivity contribution is 0.0206. The first kappa shape index (κ1) is 18.3. The van der Waals surface area contributed by atoms with Crippen LogP contribution >= 0.6 is 0 Å². The molecule has 1 fully saturated rings. The molecule has 1 N–H and O–H groups in total. The molecule has 0 bridgehead atoms. The van der Waals surface area contributed by atoms with Gasteiger partial charge in [-0.1, -0.05) is 45.4 Å². The van der Waals surface area contributed by atoms with Crippen LogP contribution in [0.25, 0.3) is 0 Å². The first-order valence-electron chi connectivity index (χ1n) is 8.95. The Morgan fingerprint density at radius 2 is 1.78 bits per heavy atom. The molecule has 1 aliphatic rings. The monoisotopic (exact) mass is 319 g/mol. The maximum Gasteiger partial charge on any atom is 0.123 e. The zero-order valence-electron chi connectivity index (χ0n) is 15.4. The molecular formula is C20H33NO2. The molecule has 130 valence electrons. The van der Waals surface area contributed by atoms with Crippen LogP contribution in [0.1, 0.15) is 59.4 Å². The normalized spacial score (nSPS) is 24.4. The van der Waals surface area contributed by atoms with Gasteiger partial charge in [-0.3, -0.25) is 4.90 Å². The first-order chi connectivity index (χ1) is 10.8. The lowest BCUT2D eigenvalue weighted by Crippen LogP contribution is -2.48. The van der Waals surface area contributed by atoms with Gasteiger partial charge in [0.1, 0.15) is 18.5 Å². The number of nitrogens with zero attached hydrogens (tertiary/aromatic N) is 1. The highest BCUT2D eigenvalue weighted by Crippen LogP contribution is 2.31. The molecule has 23 heavy (non-hydrogen) atoms. The van der Waals surface area contributed by atoms with Gasteiger partial charge in [0, 0.05) is 18.6 Å². The zero-order chi connectivity index (χ0) is 17.0. The molecule has 3 heteroatoms. The van der Waals surface area contributed by atoms with Gasteiger partial charge < -0.3 is 9.84 Å². The quantitative estimate of drug-likeness (QED) is 0.891. The molecule has 0 amide bonds. The number of rotatable bonds is 5. The van der Waals surface area contributed by atoms with E-state index >= 15 is 0 Å². The van der Waals surface area contributed by atoms with E-state index < -0.39 is 6.10 Å². The smallest absolute Gasteiger partial charge is 0.123 e. The number of benzene rings is 1. The van der Waals surface area contributed by atoms with Crippen LogP contribution in [-0.4, -0.2) is 41.3 Å². The fourth-order valence-electron chi connectivity index (χ4n) is 3.53. The van der Waals surface area contributed by atoms with E-state index in [1.807, 2.05) is 18.2 Å². The molecule has 0 aromatic heterocycles. The van der Waals surface area contributed by atoms with Gasteiger partial charge in [-0.2, -0.15) is 0 Å². The minimum atomic E-state index is -0.453. The van der Waals surface area contributed by atoms with Gasteiger partial charge in [-0.15, -0.1) is 0 Å². The second kappa shape index (κ2) is 7.67. The Bertz CT molecular complexity index is 485. The Morgan fingerprint density at radius 3 is 2.39 bits per heavy atom. The highest BCUT2D eigenvalue weighted by molar-refractivity contribution is 5.38. The average molecular weight is 319 g/mol. The van der Waals surface area contributed by atoms with Gasteiger partial charge in [-0.25, -0.2) is 0 Å². The van der Waals surface area contributed by atoms with E-state index in [9.17, 15) is 5.11 Å². The number of hydrogen-bond acceptors (Lipinski definition) is 3. The van der Waals surface area contributed by atoms with Crippen LogP contribution in [0.4, 0.5) is 0 Å². The molecular weight excluding hydrogens is 286 g/mol. The fourth-order valence-corrected chi connectivity index (χ4v) is 3.53. The molecule has 0 unspecified atom stereocenters. The van der Waals surface area contributed by atoms with E-state index in [4.69, 9.17) is 4.74 Å². The molecule has 0 saturated carbocycles. The summed E-state index contributed by atoms with van der Waals surface area (Å²) in [7, 11) is 0. The van der Waals surface area contributed by atoms with Crippen LogP contribution in [0.3, 0.4) is 0 Å². The number of para-hydroxylation sites is 1. The summed E-state index contributed by atoms with van der Waals surface area (Å²) < 4.78 is 5.96. The molecule has 2 rings (SSSR count). The van der Waals surface area contributed by atoms with Crippen LogP contribution in [0.2, 0.25) is 0 Å². The van der Waals surface area contributed by atoms with Crippen molar-refractivity contribution in [2.24, 2.45) is 0 Å². The summed E-state index contributed by atoms with van der Waals surface area (Å²) >= 11 is 0. The van der Waals surface area contributed by atoms with E-state index in [0.717, 1.165) is 5.75 Å². The van der Waals surface area contributed by atoms with Crippen molar-refractivity contribution in [3.8, 4) is 5.75 Å². The highest BCUT2D eigenvalue weighted by Gasteiger charge is 2.27. The Balaban J connectivity index is 1.93. The maximum absolute atomic E-state index is 10.4. The average Bonchev–Trinajstić information content (AvgIpc) is 2.48. The second-order valence-electron chi connectivity index (χ2n) is 8.04. The predicted octanol–water partition coefficient (Wildman–Crippen LogP) is 3.99. The number of aliphatic hydroxyl groups is 1. The van der Waals surface area contributed by atoms with Crippen molar-refractivity contribution in [3.05, 3.63) is 29.8 Å². The molecule has 3 atom stereocenters. The van der Waals surface area contributed by atoms with Crippen molar-refractivity contribution >= 4 is 0 Å². The molecule has 1 heterocycles. The summed E-state index contributed by atoms with van der Waals surface area (Å²) in [4.78, 5) is 2.42. The molecule has 1 aliphatic heterocycles. The van der Waals surface area contributed by atoms with E-state index in [-0.39, 0.29) is 5.41 Å². The first-order valence-corrected chi connectivity index (χ1v) is 8.95. The maximum atomic E-state index is 10.4. The van der Waals surface area contributed by atoms with Gasteiger partial charge in [-0.05, 0) is 43.7 Å². The van der Waals surface area contributed by atoms with Crippen LogP contribution in [0, 0.1) is 0 Å². The van der Waals surface area contributed by atoms with E-state index in [1.165, 1.54) is 24.8 Å². The summed E-state index contributed by atoms with van der Waals surface area (Å²) in [5, 5.41) is 10.4. The third-order valence-corrected chi connectivity index (χ3v) is 4.92. The third-order valence-electron chi connectivity index (χ3n) is 4.92. The SMILES string of the molecule is C[C@@H]1CCC[C@H](C)N1C[C@@H](O)COc1ccccc1C(C)(C)C. The Hall–Kier alpha value is -1.06. The van der Waals surface area contributed by atoms with E-state index in [0.29, 0.717) is 25.2 Å². The van der Waals surface area contributed by atoms with Crippen molar-refractivity contribution in [1.29, 1.82) is 0 Å². The molecule has 0 aliphatic carbocycles.